The lowest BCUT2D eigenvalue weighted by Gasteiger charge is -2.05. The van der Waals surface area contributed by atoms with Crippen LogP contribution in [-0.2, 0) is 9.53 Å². The quantitative estimate of drug-likeness (QED) is 0.579. The predicted molar refractivity (Wildman–Crippen MR) is 37.7 cm³/mol. The summed E-state index contributed by atoms with van der Waals surface area (Å²) in [6, 6.07) is 0. The average Bonchev–Trinajstić information content (AvgIpc) is 1.77. The van der Waals surface area contributed by atoms with Crippen LogP contribution < -0.4 is 0 Å². The summed E-state index contributed by atoms with van der Waals surface area (Å²) >= 11 is 1.97. The molecule has 0 aliphatic carbocycles. The van der Waals surface area contributed by atoms with Gasteiger partial charge in [0.25, 0.3) is 0 Å². The number of ether oxygens (including phenoxy) is 1. The highest BCUT2D eigenvalue weighted by atomic mass is 127. The standard InChI is InChI=1S/C5H5IO2/c6-4-3-8-2-1-5(4)7/h3H,1-2H2. The third-order valence-corrected chi connectivity index (χ3v) is 1.76. The van der Waals surface area contributed by atoms with Crippen molar-refractivity contribution in [2.45, 2.75) is 6.42 Å². The second kappa shape index (κ2) is 2.48. The zero-order chi connectivity index (χ0) is 5.98. The Morgan fingerprint density at radius 2 is 2.50 bits per heavy atom. The van der Waals surface area contributed by atoms with Crippen LogP contribution in [0.25, 0.3) is 0 Å². The molecule has 0 amide bonds. The number of Topliss-reactive ketones (excluding diaryl/α,β-unsaturated/α-hetero) is 1. The fourth-order valence-electron chi connectivity index (χ4n) is 0.469. The summed E-state index contributed by atoms with van der Waals surface area (Å²) in [6.07, 6.45) is 2.04. The Morgan fingerprint density at radius 1 is 1.75 bits per heavy atom. The predicted octanol–water partition coefficient (Wildman–Crippen LogP) is 1.25. The van der Waals surface area contributed by atoms with Crippen LogP contribution >= 0.6 is 22.6 Å². The first-order valence-corrected chi connectivity index (χ1v) is 3.39. The Morgan fingerprint density at radius 3 is 2.88 bits per heavy atom. The fourth-order valence-corrected chi connectivity index (χ4v) is 0.918. The maximum absolute atomic E-state index is 10.6. The zero-order valence-corrected chi connectivity index (χ0v) is 6.34. The van der Waals surface area contributed by atoms with Crippen molar-refractivity contribution in [2.75, 3.05) is 6.61 Å². The van der Waals surface area contributed by atoms with Gasteiger partial charge in [-0.3, -0.25) is 4.79 Å². The van der Waals surface area contributed by atoms with E-state index in [1.165, 1.54) is 6.26 Å². The molecule has 0 unspecified atom stereocenters. The van der Waals surface area contributed by atoms with E-state index in [1.54, 1.807) is 0 Å². The molecule has 0 saturated carbocycles. The maximum Gasteiger partial charge on any atom is 0.175 e. The van der Waals surface area contributed by atoms with Gasteiger partial charge in [-0.1, -0.05) is 0 Å². The molecule has 44 valence electrons. The molecule has 2 nitrogen and oxygen atoms in total. The highest BCUT2D eigenvalue weighted by Crippen LogP contribution is 2.13. The zero-order valence-electron chi connectivity index (χ0n) is 4.19. The summed E-state index contributed by atoms with van der Waals surface area (Å²) in [5.74, 6) is 0.192. The monoisotopic (exact) mass is 224 g/mol. The average molecular weight is 224 g/mol. The highest BCUT2D eigenvalue weighted by Gasteiger charge is 2.09. The second-order valence-corrected chi connectivity index (χ2v) is 2.67. The molecule has 8 heavy (non-hydrogen) atoms. The summed E-state index contributed by atoms with van der Waals surface area (Å²) in [5.41, 5.74) is 0. The summed E-state index contributed by atoms with van der Waals surface area (Å²) in [6.45, 7) is 0.547. The van der Waals surface area contributed by atoms with Gasteiger partial charge in [-0.2, -0.15) is 0 Å². The number of carbonyl (C=O) groups is 1. The van der Waals surface area contributed by atoms with Crippen LogP contribution in [0.2, 0.25) is 0 Å². The molecule has 1 aliphatic heterocycles. The van der Waals surface area contributed by atoms with Crippen molar-refractivity contribution >= 4 is 28.4 Å². The minimum absolute atomic E-state index is 0.192. The van der Waals surface area contributed by atoms with Crippen molar-refractivity contribution in [1.82, 2.24) is 0 Å². The number of rotatable bonds is 0. The van der Waals surface area contributed by atoms with Crippen molar-refractivity contribution in [3.63, 3.8) is 0 Å². The minimum Gasteiger partial charge on any atom is -0.499 e. The van der Waals surface area contributed by atoms with Gasteiger partial charge in [0.15, 0.2) is 5.78 Å². The molecule has 0 aromatic carbocycles. The summed E-state index contributed by atoms with van der Waals surface area (Å²) in [5, 5.41) is 0. The molecular weight excluding hydrogens is 219 g/mol. The van der Waals surface area contributed by atoms with Crippen molar-refractivity contribution in [3.05, 3.63) is 9.84 Å². The van der Waals surface area contributed by atoms with E-state index < -0.39 is 0 Å². The van der Waals surface area contributed by atoms with E-state index in [4.69, 9.17) is 4.74 Å². The lowest BCUT2D eigenvalue weighted by molar-refractivity contribution is -0.116. The Bertz CT molecular complexity index is 139. The third-order valence-electron chi connectivity index (χ3n) is 0.900. The Balaban J connectivity index is 2.67. The molecule has 0 aromatic rings. The van der Waals surface area contributed by atoms with Crippen LogP contribution in [0.1, 0.15) is 6.42 Å². The number of carbonyl (C=O) groups excluding carboxylic acids is 1. The van der Waals surface area contributed by atoms with E-state index in [9.17, 15) is 4.79 Å². The number of halogens is 1. The second-order valence-electron chi connectivity index (χ2n) is 1.51. The Hall–Kier alpha value is -0.0600. The summed E-state index contributed by atoms with van der Waals surface area (Å²) in [4.78, 5) is 10.6. The van der Waals surface area contributed by atoms with Crippen molar-refractivity contribution in [3.8, 4) is 0 Å². The van der Waals surface area contributed by atoms with E-state index >= 15 is 0 Å². The van der Waals surface area contributed by atoms with Crippen LogP contribution in [0.5, 0.6) is 0 Å². The van der Waals surface area contributed by atoms with Gasteiger partial charge in [-0.15, -0.1) is 0 Å². The van der Waals surface area contributed by atoms with E-state index in [-0.39, 0.29) is 5.78 Å². The highest BCUT2D eigenvalue weighted by molar-refractivity contribution is 14.1. The number of hydrogen-bond donors (Lipinski definition) is 0. The number of hydrogen-bond acceptors (Lipinski definition) is 2. The molecule has 1 heterocycles. The topological polar surface area (TPSA) is 26.3 Å². The summed E-state index contributed by atoms with van der Waals surface area (Å²) < 4.78 is 5.56. The lowest BCUT2D eigenvalue weighted by atomic mass is 10.3. The SMILES string of the molecule is O=C1CCOC=C1I. The third kappa shape index (κ3) is 1.21. The first-order chi connectivity index (χ1) is 3.80. The van der Waals surface area contributed by atoms with Crippen molar-refractivity contribution < 1.29 is 9.53 Å². The minimum atomic E-state index is 0.192. The molecule has 0 radical (unpaired) electrons. The van der Waals surface area contributed by atoms with Gasteiger partial charge in [0.2, 0.25) is 0 Å². The van der Waals surface area contributed by atoms with Gasteiger partial charge < -0.3 is 4.74 Å². The van der Waals surface area contributed by atoms with Crippen molar-refractivity contribution in [1.29, 1.82) is 0 Å². The molecule has 0 N–H and O–H groups in total. The van der Waals surface area contributed by atoms with E-state index in [2.05, 4.69) is 0 Å². The molecule has 0 fully saturated rings. The van der Waals surface area contributed by atoms with Gasteiger partial charge in [0.05, 0.1) is 16.4 Å². The van der Waals surface area contributed by atoms with Crippen LogP contribution in [0.4, 0.5) is 0 Å². The molecule has 0 bridgehead atoms. The first-order valence-electron chi connectivity index (χ1n) is 2.31. The molecule has 1 aliphatic rings. The number of ketones is 1. The molecule has 0 atom stereocenters. The Kier molecular flexibility index (Phi) is 1.88. The van der Waals surface area contributed by atoms with E-state index in [1.807, 2.05) is 22.6 Å². The van der Waals surface area contributed by atoms with E-state index in [0.29, 0.717) is 16.6 Å². The number of allylic oxidation sites excluding steroid dienone is 1. The normalized spacial score (nSPS) is 19.6. The van der Waals surface area contributed by atoms with Crippen LogP contribution in [-0.4, -0.2) is 12.4 Å². The van der Waals surface area contributed by atoms with E-state index in [0.717, 1.165) is 0 Å². The molecule has 0 saturated heterocycles. The smallest absolute Gasteiger partial charge is 0.175 e. The van der Waals surface area contributed by atoms with Crippen molar-refractivity contribution in [2.24, 2.45) is 0 Å². The Labute approximate surface area is 61.0 Å². The van der Waals surface area contributed by atoms with Gasteiger partial charge in [-0.25, -0.2) is 0 Å². The van der Waals surface area contributed by atoms with Gasteiger partial charge >= 0.3 is 0 Å². The van der Waals surface area contributed by atoms with Gasteiger partial charge in [-0.05, 0) is 22.6 Å². The largest absolute Gasteiger partial charge is 0.499 e. The molecular formula is C5H5IO2. The lowest BCUT2D eigenvalue weighted by Crippen LogP contribution is -2.07. The summed E-state index contributed by atoms with van der Waals surface area (Å²) in [7, 11) is 0. The van der Waals surface area contributed by atoms with Crippen LogP contribution in [0.3, 0.4) is 0 Å². The fraction of sp³-hybridized carbons (Fsp3) is 0.400. The first kappa shape index (κ1) is 6.07. The molecule has 0 spiro atoms. The molecule has 1 rings (SSSR count). The van der Waals surface area contributed by atoms with Crippen LogP contribution in [0, 0.1) is 0 Å². The van der Waals surface area contributed by atoms with Gasteiger partial charge in [0.1, 0.15) is 0 Å². The van der Waals surface area contributed by atoms with Gasteiger partial charge in [0, 0.05) is 6.42 Å². The molecule has 3 heteroatoms. The maximum atomic E-state index is 10.6. The van der Waals surface area contributed by atoms with Crippen LogP contribution in [0.15, 0.2) is 9.84 Å². The molecule has 0 aromatic heterocycles.